The van der Waals surface area contributed by atoms with Gasteiger partial charge < -0.3 is 14.2 Å². The first-order valence-corrected chi connectivity index (χ1v) is 8.70. The molecule has 0 saturated heterocycles. The van der Waals surface area contributed by atoms with Crippen molar-refractivity contribution in [3.63, 3.8) is 0 Å². The summed E-state index contributed by atoms with van der Waals surface area (Å²) in [5, 5.41) is 0. The molecule has 0 aromatic carbocycles. The number of halogens is 1. The molecule has 3 heterocycles. The second-order valence-corrected chi connectivity index (χ2v) is 6.62. The topological polar surface area (TPSA) is 78.0 Å². The number of hydrogen-bond donors (Lipinski definition) is 0. The van der Waals surface area contributed by atoms with E-state index in [-0.39, 0.29) is 41.5 Å². The second-order valence-electron chi connectivity index (χ2n) is 6.62. The first-order valence-electron chi connectivity index (χ1n) is 8.70. The Morgan fingerprint density at radius 2 is 2.15 bits per heavy atom. The minimum Gasteiger partial charge on any atom is -0.449 e. The Kier molecular flexibility index (Phi) is 5.24. The first-order chi connectivity index (χ1) is 12.5. The van der Waals surface area contributed by atoms with Crippen LogP contribution in [0.4, 0.5) is 15.0 Å². The number of ether oxygens (including phenoxy) is 3. The van der Waals surface area contributed by atoms with Crippen molar-refractivity contribution in [2.24, 2.45) is 0 Å². The summed E-state index contributed by atoms with van der Waals surface area (Å²) < 4.78 is 30.8. The highest BCUT2D eigenvalue weighted by Gasteiger charge is 2.57. The predicted molar refractivity (Wildman–Crippen MR) is 90.9 cm³/mol. The smallest absolute Gasteiger partial charge is 0.415 e. The van der Waals surface area contributed by atoms with Gasteiger partial charge in [-0.3, -0.25) is 9.69 Å². The molecule has 3 aliphatic rings. The summed E-state index contributed by atoms with van der Waals surface area (Å²) >= 11 is 0. The van der Waals surface area contributed by atoms with E-state index in [9.17, 15) is 9.59 Å². The summed E-state index contributed by atoms with van der Waals surface area (Å²) in [6.45, 7) is 2.30. The molecular weight excluding hydrogens is 343 g/mol. The van der Waals surface area contributed by atoms with Gasteiger partial charge in [-0.1, -0.05) is 13.3 Å². The van der Waals surface area contributed by atoms with E-state index in [1.54, 1.807) is 0 Å². The fraction of sp³-hybridized carbons (Fsp3) is 0.611. The van der Waals surface area contributed by atoms with Crippen molar-refractivity contribution in [1.82, 2.24) is 4.98 Å². The van der Waals surface area contributed by atoms with Crippen LogP contribution in [0.5, 0.6) is 0 Å². The molecule has 0 N–H and O–H groups in total. The van der Waals surface area contributed by atoms with Crippen LogP contribution in [-0.2, 0) is 19.9 Å². The van der Waals surface area contributed by atoms with E-state index in [2.05, 4.69) is 4.98 Å². The summed E-state index contributed by atoms with van der Waals surface area (Å²) in [5.41, 5.74) is -0.942. The Morgan fingerprint density at radius 1 is 1.46 bits per heavy atom. The quantitative estimate of drug-likeness (QED) is 0.419. The third-order valence-electron chi connectivity index (χ3n) is 4.96. The fourth-order valence-corrected chi connectivity index (χ4v) is 3.52. The van der Waals surface area contributed by atoms with Gasteiger partial charge in [0.25, 0.3) is 0 Å². The van der Waals surface area contributed by atoms with Crippen molar-refractivity contribution in [3.05, 3.63) is 22.9 Å². The highest BCUT2D eigenvalue weighted by atomic mass is 19.1. The lowest BCUT2D eigenvalue weighted by Crippen LogP contribution is -2.59. The molecular formula is C18H23FN2O5. The van der Waals surface area contributed by atoms with E-state index in [4.69, 9.17) is 14.2 Å². The number of amides is 1. The molecule has 0 spiro atoms. The predicted octanol–water partition coefficient (Wildman–Crippen LogP) is 3.27. The van der Waals surface area contributed by atoms with Crippen LogP contribution in [-0.4, -0.2) is 44.2 Å². The molecule has 26 heavy (non-hydrogen) atoms. The SMILES string of the molecule is CCCCOC(=O)N1c2nc(C(OC)OC)c(C=O)cc2C2(F)CC1C2. The molecule has 2 bridgehead atoms. The van der Waals surface area contributed by atoms with Gasteiger partial charge in [-0.25, -0.2) is 14.2 Å². The van der Waals surface area contributed by atoms with Gasteiger partial charge in [0, 0.05) is 44.2 Å². The van der Waals surface area contributed by atoms with Crippen LogP contribution in [0.2, 0.25) is 0 Å². The average molecular weight is 366 g/mol. The highest BCUT2D eigenvalue weighted by molar-refractivity contribution is 5.91. The van der Waals surface area contributed by atoms with Crippen LogP contribution >= 0.6 is 0 Å². The standard InChI is InChI=1S/C18H23FN2O5/c1-4-5-6-26-17(23)21-12-8-18(19,9-12)13-7-11(10-22)14(20-15(13)21)16(24-2)25-3/h7,10,12,16H,4-6,8-9H2,1-3H3. The molecule has 0 unspecified atom stereocenters. The number of anilines is 1. The molecule has 1 amide bonds. The third kappa shape index (κ3) is 2.97. The lowest BCUT2D eigenvalue weighted by atomic mass is 9.68. The fourth-order valence-electron chi connectivity index (χ4n) is 3.52. The maximum atomic E-state index is 15.1. The largest absolute Gasteiger partial charge is 0.449 e. The molecule has 4 rings (SSSR count). The molecule has 7 nitrogen and oxygen atoms in total. The molecule has 1 saturated carbocycles. The minimum absolute atomic E-state index is 0.177. The number of unbranched alkanes of at least 4 members (excludes halogenated alkanes) is 1. The number of methoxy groups -OCH3 is 2. The molecule has 0 atom stereocenters. The number of rotatable bonds is 7. The maximum absolute atomic E-state index is 15.1. The Bertz CT molecular complexity index is 701. The Hall–Kier alpha value is -2.06. The van der Waals surface area contributed by atoms with E-state index in [1.807, 2.05) is 6.92 Å². The van der Waals surface area contributed by atoms with Gasteiger partial charge in [-0.05, 0) is 12.5 Å². The monoisotopic (exact) mass is 366 g/mol. The number of aldehydes is 1. The summed E-state index contributed by atoms with van der Waals surface area (Å²) in [6, 6.07) is 1.14. The van der Waals surface area contributed by atoms with Crippen LogP contribution in [0.15, 0.2) is 6.07 Å². The van der Waals surface area contributed by atoms with Crippen molar-refractivity contribution >= 4 is 18.2 Å². The van der Waals surface area contributed by atoms with Crippen molar-refractivity contribution in [2.75, 3.05) is 25.7 Å². The highest BCUT2D eigenvalue weighted by Crippen LogP contribution is 2.56. The van der Waals surface area contributed by atoms with Gasteiger partial charge in [-0.2, -0.15) is 0 Å². The van der Waals surface area contributed by atoms with Crippen LogP contribution in [0.3, 0.4) is 0 Å². The Balaban J connectivity index is 2.03. The molecule has 0 radical (unpaired) electrons. The molecule has 142 valence electrons. The third-order valence-corrected chi connectivity index (χ3v) is 4.96. The van der Waals surface area contributed by atoms with Crippen LogP contribution in [0.1, 0.15) is 60.5 Å². The lowest BCUT2D eigenvalue weighted by Gasteiger charge is -2.52. The van der Waals surface area contributed by atoms with E-state index in [1.165, 1.54) is 25.2 Å². The van der Waals surface area contributed by atoms with Gasteiger partial charge in [0.05, 0.1) is 6.61 Å². The number of aromatic nitrogens is 1. The van der Waals surface area contributed by atoms with Crippen molar-refractivity contribution in [2.45, 2.75) is 50.6 Å². The Morgan fingerprint density at radius 3 is 2.73 bits per heavy atom. The summed E-state index contributed by atoms with van der Waals surface area (Å²) in [7, 11) is 2.82. The summed E-state index contributed by atoms with van der Waals surface area (Å²) in [6.07, 6.45) is 1.16. The van der Waals surface area contributed by atoms with Gasteiger partial charge >= 0.3 is 6.09 Å². The van der Waals surface area contributed by atoms with Crippen molar-refractivity contribution in [1.29, 1.82) is 0 Å². The van der Waals surface area contributed by atoms with Gasteiger partial charge in [0.1, 0.15) is 17.2 Å². The first kappa shape index (κ1) is 18.7. The maximum Gasteiger partial charge on any atom is 0.415 e. The van der Waals surface area contributed by atoms with E-state index >= 15 is 4.39 Å². The van der Waals surface area contributed by atoms with Gasteiger partial charge in [0.2, 0.25) is 6.29 Å². The average Bonchev–Trinajstić information content (AvgIpc) is 2.61. The normalized spacial score (nSPS) is 23.4. The zero-order chi connectivity index (χ0) is 18.9. The van der Waals surface area contributed by atoms with E-state index in [0.717, 1.165) is 12.8 Å². The van der Waals surface area contributed by atoms with Crippen LogP contribution < -0.4 is 4.90 Å². The number of pyridine rings is 1. The lowest BCUT2D eigenvalue weighted by molar-refractivity contribution is -0.109. The zero-order valence-corrected chi connectivity index (χ0v) is 15.2. The Labute approximate surface area is 151 Å². The minimum atomic E-state index is -1.57. The number of carbonyl (C=O) groups is 2. The summed E-state index contributed by atoms with van der Waals surface area (Å²) in [4.78, 5) is 29.8. The van der Waals surface area contributed by atoms with E-state index < -0.39 is 18.1 Å². The molecule has 1 aliphatic carbocycles. The number of carbonyl (C=O) groups excluding carboxylic acids is 2. The zero-order valence-electron chi connectivity index (χ0n) is 15.2. The molecule has 8 heteroatoms. The number of alkyl halides is 1. The van der Waals surface area contributed by atoms with E-state index in [0.29, 0.717) is 12.9 Å². The van der Waals surface area contributed by atoms with Gasteiger partial charge in [0.15, 0.2) is 6.29 Å². The molecule has 2 aliphatic heterocycles. The molecule has 1 fully saturated rings. The number of nitrogens with zero attached hydrogens (tertiary/aromatic N) is 2. The van der Waals surface area contributed by atoms with Crippen molar-refractivity contribution in [3.8, 4) is 0 Å². The molecule has 1 aromatic heterocycles. The van der Waals surface area contributed by atoms with Crippen LogP contribution in [0.25, 0.3) is 0 Å². The van der Waals surface area contributed by atoms with Crippen LogP contribution in [0, 0.1) is 0 Å². The van der Waals surface area contributed by atoms with Crippen molar-refractivity contribution < 1.29 is 28.2 Å². The second kappa shape index (κ2) is 7.28. The number of hydrogen-bond acceptors (Lipinski definition) is 6. The van der Waals surface area contributed by atoms with Gasteiger partial charge in [-0.15, -0.1) is 0 Å². The molecule has 1 aromatic rings. The summed E-state index contributed by atoms with van der Waals surface area (Å²) in [5.74, 6) is 0.177.